The van der Waals surface area contributed by atoms with E-state index in [9.17, 15) is 19.2 Å². The molecule has 2 atom stereocenters. The first-order valence-electron chi connectivity index (χ1n) is 5.99. The van der Waals surface area contributed by atoms with E-state index >= 15 is 0 Å². The van der Waals surface area contributed by atoms with Crippen molar-refractivity contribution in [2.75, 3.05) is 13.7 Å². The zero-order valence-corrected chi connectivity index (χ0v) is 12.5. The summed E-state index contributed by atoms with van der Waals surface area (Å²) in [7, 11) is 1.02. The molecule has 0 aliphatic carbocycles. The van der Waals surface area contributed by atoms with Crippen molar-refractivity contribution < 1.29 is 43.3 Å². The molecule has 10 nitrogen and oxygen atoms in total. The van der Waals surface area contributed by atoms with E-state index in [4.69, 9.17) is 14.7 Å². The number of esters is 4. The molecule has 0 heterocycles. The van der Waals surface area contributed by atoms with E-state index in [1.807, 2.05) is 0 Å². The summed E-state index contributed by atoms with van der Waals surface area (Å²) in [4.78, 5) is 44.7. The van der Waals surface area contributed by atoms with Crippen molar-refractivity contribution in [2.24, 2.45) is 5.16 Å². The number of oxime groups is 1. The molecule has 0 amide bonds. The predicted molar refractivity (Wildman–Crippen MR) is 69.0 cm³/mol. The molecule has 0 spiro atoms. The molecule has 10 heteroatoms. The highest BCUT2D eigenvalue weighted by Crippen LogP contribution is 2.11. The fourth-order valence-corrected chi connectivity index (χ4v) is 1.36. The van der Waals surface area contributed by atoms with Gasteiger partial charge in [0.1, 0.15) is 12.3 Å². The zero-order chi connectivity index (χ0) is 17.3. The smallest absolute Gasteiger partial charge is 0.351 e. The van der Waals surface area contributed by atoms with Crippen molar-refractivity contribution in [1.82, 2.24) is 0 Å². The van der Waals surface area contributed by atoms with Gasteiger partial charge in [0.05, 0.1) is 7.11 Å². The zero-order valence-electron chi connectivity index (χ0n) is 12.5. The highest BCUT2D eigenvalue weighted by Gasteiger charge is 2.39. The molecule has 0 aromatic carbocycles. The fraction of sp³-hybridized carbons (Fsp3) is 0.583. The maximum absolute atomic E-state index is 11.7. The van der Waals surface area contributed by atoms with Crippen LogP contribution in [0.2, 0.25) is 0 Å². The van der Waals surface area contributed by atoms with Gasteiger partial charge in [0.15, 0.2) is 6.10 Å². The van der Waals surface area contributed by atoms with Crippen LogP contribution in [-0.4, -0.2) is 60.7 Å². The number of ether oxygens (including phenoxy) is 4. The average molecular weight is 319 g/mol. The largest absolute Gasteiger partial charge is 0.466 e. The van der Waals surface area contributed by atoms with Crippen molar-refractivity contribution in [3.8, 4) is 0 Å². The Hall–Kier alpha value is -2.65. The van der Waals surface area contributed by atoms with Crippen LogP contribution in [-0.2, 0) is 38.1 Å². The molecule has 0 aromatic rings. The Kier molecular flexibility index (Phi) is 8.19. The Morgan fingerprint density at radius 2 is 1.45 bits per heavy atom. The van der Waals surface area contributed by atoms with Crippen LogP contribution >= 0.6 is 0 Å². The lowest BCUT2D eigenvalue weighted by molar-refractivity contribution is -0.175. The number of hydrogen-bond donors (Lipinski definition) is 1. The number of hydrogen-bond acceptors (Lipinski definition) is 10. The van der Waals surface area contributed by atoms with Crippen LogP contribution in [0.1, 0.15) is 20.8 Å². The van der Waals surface area contributed by atoms with Crippen molar-refractivity contribution in [3.63, 3.8) is 0 Å². The normalized spacial score (nSPS) is 13.5. The maximum Gasteiger partial charge on any atom is 0.351 e. The van der Waals surface area contributed by atoms with E-state index in [-0.39, 0.29) is 0 Å². The Morgan fingerprint density at radius 3 is 1.82 bits per heavy atom. The third-order valence-corrected chi connectivity index (χ3v) is 2.17. The minimum atomic E-state index is -1.71. The molecule has 0 aromatic heterocycles. The molecule has 0 fully saturated rings. The summed E-state index contributed by atoms with van der Waals surface area (Å²) in [5, 5.41) is 11.8. The third kappa shape index (κ3) is 6.68. The van der Waals surface area contributed by atoms with E-state index in [2.05, 4.69) is 14.6 Å². The first-order chi connectivity index (χ1) is 10.2. The minimum Gasteiger partial charge on any atom is -0.466 e. The van der Waals surface area contributed by atoms with E-state index in [1.54, 1.807) is 0 Å². The number of nitrogens with zero attached hydrogens (tertiary/aromatic N) is 1. The molecule has 22 heavy (non-hydrogen) atoms. The molecule has 0 saturated heterocycles. The Bertz CT molecular complexity index is 471. The summed E-state index contributed by atoms with van der Waals surface area (Å²) in [5.41, 5.74) is -0.415. The van der Waals surface area contributed by atoms with Gasteiger partial charge in [0.25, 0.3) is 0 Å². The van der Waals surface area contributed by atoms with Gasteiger partial charge in [0.2, 0.25) is 6.10 Å². The molecule has 0 saturated carbocycles. The van der Waals surface area contributed by atoms with Gasteiger partial charge in [-0.25, -0.2) is 4.79 Å². The molecule has 1 N–H and O–H groups in total. The van der Waals surface area contributed by atoms with Gasteiger partial charge in [-0.2, -0.15) is 0 Å². The summed E-state index contributed by atoms with van der Waals surface area (Å²) in [6.07, 6.45) is -3.33. The number of carbonyl (C=O) groups excluding carboxylic acids is 4. The molecular weight excluding hydrogens is 302 g/mol. The van der Waals surface area contributed by atoms with E-state index in [1.165, 1.54) is 0 Å². The van der Waals surface area contributed by atoms with E-state index < -0.39 is 48.4 Å². The van der Waals surface area contributed by atoms with Crippen LogP contribution in [0.4, 0.5) is 0 Å². The number of rotatable bonds is 7. The molecule has 0 bridgehead atoms. The first-order valence-corrected chi connectivity index (χ1v) is 5.99. The Morgan fingerprint density at radius 1 is 0.955 bits per heavy atom. The predicted octanol–water partition coefficient (Wildman–Crippen LogP) is -0.584. The number of methoxy groups -OCH3 is 1. The van der Waals surface area contributed by atoms with Gasteiger partial charge in [-0.05, 0) is 0 Å². The van der Waals surface area contributed by atoms with Gasteiger partial charge in [-0.15, -0.1) is 0 Å². The average Bonchev–Trinajstić information content (AvgIpc) is 2.42. The van der Waals surface area contributed by atoms with Crippen LogP contribution in [0, 0.1) is 0 Å². The molecule has 0 rings (SSSR count). The SMILES string of the molecule is COC(=O)C(OC(C)=O)C(OC(C)=O)/C(COC(C)=O)=N\O. The maximum atomic E-state index is 11.7. The quantitative estimate of drug-likeness (QED) is 0.214. The Labute approximate surface area is 125 Å². The fourth-order valence-electron chi connectivity index (χ4n) is 1.36. The van der Waals surface area contributed by atoms with Gasteiger partial charge >= 0.3 is 23.9 Å². The summed E-state index contributed by atoms with van der Waals surface area (Å²) < 4.78 is 18.6. The van der Waals surface area contributed by atoms with Gasteiger partial charge in [0, 0.05) is 20.8 Å². The topological polar surface area (TPSA) is 138 Å². The molecule has 0 aliphatic rings. The van der Waals surface area contributed by atoms with Crippen LogP contribution in [0.3, 0.4) is 0 Å². The first kappa shape index (κ1) is 19.3. The van der Waals surface area contributed by atoms with Crippen LogP contribution < -0.4 is 0 Å². The molecule has 0 radical (unpaired) electrons. The summed E-state index contributed by atoms with van der Waals surface area (Å²) in [5.74, 6) is -3.47. The molecular formula is C12H17NO9. The monoisotopic (exact) mass is 319 g/mol. The second-order valence-electron chi connectivity index (χ2n) is 3.95. The second kappa shape index (κ2) is 9.32. The second-order valence-corrected chi connectivity index (χ2v) is 3.95. The number of carbonyl (C=O) groups is 4. The Balaban J connectivity index is 5.50. The van der Waals surface area contributed by atoms with Crippen molar-refractivity contribution in [1.29, 1.82) is 0 Å². The lowest BCUT2D eigenvalue weighted by Crippen LogP contribution is -2.47. The van der Waals surface area contributed by atoms with E-state index in [0.29, 0.717) is 0 Å². The van der Waals surface area contributed by atoms with Crippen molar-refractivity contribution in [2.45, 2.75) is 33.0 Å². The minimum absolute atomic E-state index is 0.415. The van der Waals surface area contributed by atoms with E-state index in [0.717, 1.165) is 27.9 Å². The van der Waals surface area contributed by atoms with Crippen LogP contribution in [0.5, 0.6) is 0 Å². The third-order valence-electron chi connectivity index (χ3n) is 2.17. The summed E-state index contributed by atoms with van der Waals surface area (Å²) in [6, 6.07) is 0. The van der Waals surface area contributed by atoms with Crippen molar-refractivity contribution >= 4 is 29.6 Å². The lowest BCUT2D eigenvalue weighted by atomic mass is 10.1. The lowest BCUT2D eigenvalue weighted by Gasteiger charge is -2.24. The van der Waals surface area contributed by atoms with Crippen LogP contribution in [0.15, 0.2) is 5.16 Å². The van der Waals surface area contributed by atoms with Crippen molar-refractivity contribution in [3.05, 3.63) is 0 Å². The molecule has 124 valence electrons. The standard InChI is InChI=1S/C12H17NO9/c1-6(14)20-5-9(13-18)10(21-7(2)15)11(12(17)19-4)22-8(3)16/h10-11,18H,5H2,1-4H3/b13-9-. The molecule has 0 aliphatic heterocycles. The van der Waals surface area contributed by atoms with Gasteiger partial charge < -0.3 is 24.2 Å². The summed E-state index contributed by atoms with van der Waals surface area (Å²) in [6.45, 7) is 2.55. The summed E-state index contributed by atoms with van der Waals surface area (Å²) >= 11 is 0. The van der Waals surface area contributed by atoms with Crippen LogP contribution in [0.25, 0.3) is 0 Å². The van der Waals surface area contributed by atoms with Gasteiger partial charge in [-0.3, -0.25) is 14.4 Å². The highest BCUT2D eigenvalue weighted by atomic mass is 16.6. The molecule has 2 unspecified atom stereocenters. The highest BCUT2D eigenvalue weighted by molar-refractivity contribution is 5.97. The van der Waals surface area contributed by atoms with Gasteiger partial charge in [-0.1, -0.05) is 5.16 Å².